The Morgan fingerprint density at radius 2 is 2.25 bits per heavy atom. The number of aliphatic hydroxyl groups excluding tert-OH is 1. The minimum absolute atomic E-state index is 0.570. The van der Waals surface area contributed by atoms with E-state index in [-0.39, 0.29) is 0 Å². The van der Waals surface area contributed by atoms with Crippen LogP contribution in [0.5, 0.6) is 0 Å². The summed E-state index contributed by atoms with van der Waals surface area (Å²) < 4.78 is 8.27. The van der Waals surface area contributed by atoms with Gasteiger partial charge in [-0.3, -0.25) is 4.79 Å². The lowest BCUT2D eigenvalue weighted by Gasteiger charge is -2.05. The van der Waals surface area contributed by atoms with Crippen LogP contribution in [0.1, 0.15) is 6.92 Å². The molecule has 0 radical (unpaired) electrons. The molecule has 0 saturated heterocycles. The van der Waals surface area contributed by atoms with Crippen molar-refractivity contribution in [2.24, 2.45) is 0 Å². The number of methoxy groups -OCH3 is 1. The van der Waals surface area contributed by atoms with Crippen LogP contribution in [0.2, 0.25) is 0 Å². The van der Waals surface area contributed by atoms with E-state index in [2.05, 4.69) is 9.47 Å². The van der Waals surface area contributed by atoms with Gasteiger partial charge in [0.1, 0.15) is 0 Å². The van der Waals surface area contributed by atoms with E-state index in [9.17, 15) is 4.79 Å². The van der Waals surface area contributed by atoms with Crippen molar-refractivity contribution < 1.29 is 19.4 Å². The number of hydrogen-bond donors (Lipinski definition) is 1. The minimum atomic E-state index is -1.42. The summed E-state index contributed by atoms with van der Waals surface area (Å²) in [5, 5.41) is 8.36. The van der Waals surface area contributed by atoms with E-state index in [1.54, 1.807) is 0 Å². The summed E-state index contributed by atoms with van der Waals surface area (Å²) in [5.41, 5.74) is 0. The number of carbonyl (C=O) groups is 1. The summed E-state index contributed by atoms with van der Waals surface area (Å²) in [6, 6.07) is 0. The molecule has 4 heteroatoms. The van der Waals surface area contributed by atoms with Gasteiger partial charge in [0.05, 0.1) is 0 Å². The average Bonchev–Trinajstić information content (AvgIpc) is 1.65. The van der Waals surface area contributed by atoms with Gasteiger partial charge in [-0.05, 0) is 0 Å². The van der Waals surface area contributed by atoms with Crippen molar-refractivity contribution >= 4 is 5.97 Å². The van der Waals surface area contributed by atoms with Gasteiger partial charge in [-0.25, -0.2) is 0 Å². The molecule has 4 nitrogen and oxygen atoms in total. The number of hydrogen-bond acceptors (Lipinski definition) is 4. The second-order valence-electron chi connectivity index (χ2n) is 1.15. The molecule has 0 rings (SSSR count). The summed E-state index contributed by atoms with van der Waals surface area (Å²) in [6.07, 6.45) is 0. The molecule has 0 fully saturated rings. The molecule has 0 spiro atoms. The summed E-state index contributed by atoms with van der Waals surface area (Å²) >= 11 is 0. The highest BCUT2D eigenvalue weighted by Crippen LogP contribution is 1.85. The zero-order valence-corrected chi connectivity index (χ0v) is 4.75. The van der Waals surface area contributed by atoms with Crippen LogP contribution in [0.3, 0.4) is 0 Å². The van der Waals surface area contributed by atoms with Crippen molar-refractivity contribution in [2.75, 3.05) is 7.11 Å². The molecule has 1 unspecified atom stereocenters. The van der Waals surface area contributed by atoms with Gasteiger partial charge >= 0.3 is 12.4 Å². The normalized spacial score (nSPS) is 12.9. The largest absolute Gasteiger partial charge is 0.411 e. The molecule has 0 aliphatic rings. The van der Waals surface area contributed by atoms with E-state index < -0.39 is 12.4 Å². The minimum Gasteiger partial charge on any atom is -0.411 e. The molecule has 1 N–H and O–H groups in total. The van der Waals surface area contributed by atoms with Crippen LogP contribution in [0.4, 0.5) is 0 Å². The van der Waals surface area contributed by atoms with E-state index in [0.29, 0.717) is 0 Å². The fourth-order valence-corrected chi connectivity index (χ4v) is 0.190. The Balaban J connectivity index is 3.24. The predicted molar refractivity (Wildman–Crippen MR) is 24.8 cm³/mol. The second kappa shape index (κ2) is 3.40. The Morgan fingerprint density at radius 3 is 2.38 bits per heavy atom. The second-order valence-corrected chi connectivity index (χ2v) is 1.15. The lowest BCUT2D eigenvalue weighted by Crippen LogP contribution is -2.16. The molecule has 0 bridgehead atoms. The highest BCUT2D eigenvalue weighted by molar-refractivity contribution is 5.65. The summed E-state index contributed by atoms with van der Waals surface area (Å²) in [7, 11) is 1.23. The van der Waals surface area contributed by atoms with Gasteiger partial charge in [-0.1, -0.05) is 0 Å². The van der Waals surface area contributed by atoms with Gasteiger partial charge in [0.15, 0.2) is 0 Å². The molecule has 0 amide bonds. The Kier molecular flexibility index (Phi) is 3.14. The zero-order valence-electron chi connectivity index (χ0n) is 4.75. The maximum Gasteiger partial charge on any atom is 0.315 e. The van der Waals surface area contributed by atoms with Gasteiger partial charge in [0.2, 0.25) is 0 Å². The molecule has 0 heterocycles. The van der Waals surface area contributed by atoms with Crippen LogP contribution >= 0.6 is 0 Å². The first-order chi connectivity index (χ1) is 3.66. The number of carbonyl (C=O) groups excluding carboxylic acids is 1. The maximum absolute atomic E-state index is 9.95. The van der Waals surface area contributed by atoms with Crippen LogP contribution in [-0.4, -0.2) is 24.7 Å². The van der Waals surface area contributed by atoms with Crippen LogP contribution in [0.15, 0.2) is 0 Å². The molecule has 1 atom stereocenters. The predicted octanol–water partition coefficient (Wildman–Crippen LogP) is -0.528. The van der Waals surface area contributed by atoms with Crippen LogP contribution < -0.4 is 0 Å². The molecule has 0 aliphatic heterocycles. The van der Waals surface area contributed by atoms with Crippen molar-refractivity contribution in [2.45, 2.75) is 13.4 Å². The number of esters is 1. The lowest BCUT2D eigenvalue weighted by molar-refractivity contribution is -0.240. The zero-order chi connectivity index (χ0) is 6.57. The first-order valence-corrected chi connectivity index (χ1v) is 2.05. The molecule has 8 heavy (non-hydrogen) atoms. The molecule has 0 aliphatic carbocycles. The van der Waals surface area contributed by atoms with Gasteiger partial charge in [0, 0.05) is 14.0 Å². The first kappa shape index (κ1) is 7.39. The molecule has 0 aromatic heterocycles. The maximum atomic E-state index is 9.95. The van der Waals surface area contributed by atoms with E-state index in [1.165, 1.54) is 14.0 Å². The molecular weight excluding hydrogens is 112 g/mol. The fourth-order valence-electron chi connectivity index (χ4n) is 0.190. The Hall–Kier alpha value is -0.610. The highest BCUT2D eigenvalue weighted by atomic mass is 16.8. The number of ether oxygens (including phenoxy) is 2. The van der Waals surface area contributed by atoms with Crippen molar-refractivity contribution in [3.8, 4) is 0 Å². The van der Waals surface area contributed by atoms with Crippen molar-refractivity contribution in [3.05, 3.63) is 0 Å². The average molecular weight is 120 g/mol. The summed E-state index contributed by atoms with van der Waals surface area (Å²) in [4.78, 5) is 9.95. The van der Waals surface area contributed by atoms with Crippen LogP contribution in [0.25, 0.3) is 0 Å². The van der Waals surface area contributed by atoms with Crippen molar-refractivity contribution in [1.82, 2.24) is 0 Å². The van der Waals surface area contributed by atoms with Crippen molar-refractivity contribution in [3.63, 3.8) is 0 Å². The fraction of sp³-hybridized carbons (Fsp3) is 0.750. The molecule has 48 valence electrons. The van der Waals surface area contributed by atoms with Gasteiger partial charge in [0.25, 0.3) is 0 Å². The Bertz CT molecular complexity index is 80.1. The SMILES string of the molecule is COC(O)OC(C)=O. The molecule has 0 saturated carbocycles. The van der Waals surface area contributed by atoms with E-state index in [0.717, 1.165) is 0 Å². The standard InChI is InChI=1S/C4H8O4/c1-3(5)8-4(6)7-2/h4,6H,1-2H3. The third-order valence-corrected chi connectivity index (χ3v) is 0.468. The van der Waals surface area contributed by atoms with Crippen LogP contribution in [0, 0.1) is 0 Å². The topological polar surface area (TPSA) is 55.8 Å². The third kappa shape index (κ3) is 3.58. The summed E-state index contributed by atoms with van der Waals surface area (Å²) in [6.45, 7) is -0.241. The molecule has 0 aromatic carbocycles. The van der Waals surface area contributed by atoms with E-state index in [4.69, 9.17) is 5.11 Å². The lowest BCUT2D eigenvalue weighted by atomic mass is 10.8. The monoisotopic (exact) mass is 120 g/mol. The van der Waals surface area contributed by atoms with Crippen LogP contribution in [-0.2, 0) is 14.3 Å². The van der Waals surface area contributed by atoms with E-state index in [1.807, 2.05) is 0 Å². The first-order valence-electron chi connectivity index (χ1n) is 2.05. The number of rotatable bonds is 2. The Morgan fingerprint density at radius 1 is 1.75 bits per heavy atom. The summed E-state index contributed by atoms with van der Waals surface area (Å²) in [5.74, 6) is -0.570. The Labute approximate surface area is 47.0 Å². The van der Waals surface area contributed by atoms with Crippen molar-refractivity contribution in [1.29, 1.82) is 0 Å². The van der Waals surface area contributed by atoms with Gasteiger partial charge < -0.3 is 14.6 Å². The molecular formula is C4H8O4. The van der Waals surface area contributed by atoms with Gasteiger partial charge in [-0.15, -0.1) is 0 Å². The highest BCUT2D eigenvalue weighted by Gasteiger charge is 2.01. The molecule has 0 aromatic rings. The quantitative estimate of drug-likeness (QED) is 0.393. The van der Waals surface area contributed by atoms with E-state index >= 15 is 0 Å². The number of aliphatic hydroxyl groups is 1. The van der Waals surface area contributed by atoms with Gasteiger partial charge in [-0.2, -0.15) is 0 Å². The third-order valence-electron chi connectivity index (χ3n) is 0.468. The smallest absolute Gasteiger partial charge is 0.315 e.